The maximum Gasteiger partial charge on any atom is 0.306 e. The van der Waals surface area contributed by atoms with Crippen LogP contribution in [0.4, 0.5) is 0 Å². The zero-order valence-electron chi connectivity index (χ0n) is 37.1. The van der Waals surface area contributed by atoms with Crippen molar-refractivity contribution >= 4 is 22.1 Å². The average Bonchev–Trinajstić information content (AvgIpc) is 3.20. The smallest absolute Gasteiger partial charge is 0.306 e. The van der Waals surface area contributed by atoms with Gasteiger partial charge in [0.2, 0.25) is 0 Å². The van der Waals surface area contributed by atoms with Gasteiger partial charge in [0.25, 0.3) is 10.1 Å². The first-order valence-electron chi connectivity index (χ1n) is 23.7. The summed E-state index contributed by atoms with van der Waals surface area (Å²) in [6.07, 6.45) is 29.7. The van der Waals surface area contributed by atoms with Crippen LogP contribution in [0.1, 0.15) is 213 Å². The molecule has 1 saturated heterocycles. The molecule has 0 spiro atoms. The highest BCUT2D eigenvalue weighted by molar-refractivity contribution is 7.85. The summed E-state index contributed by atoms with van der Waals surface area (Å²) in [4.78, 5) is 25.4. The van der Waals surface area contributed by atoms with Crippen LogP contribution in [0.5, 0.6) is 0 Å². The molecule has 0 amide bonds. The zero-order chi connectivity index (χ0) is 43.4. The van der Waals surface area contributed by atoms with Crippen molar-refractivity contribution < 1.29 is 56.8 Å². The first-order chi connectivity index (χ1) is 28.5. The van der Waals surface area contributed by atoms with Gasteiger partial charge < -0.3 is 34.3 Å². The number of carbonyl (C=O) groups is 2. The summed E-state index contributed by atoms with van der Waals surface area (Å²) < 4.78 is 54.1. The molecule has 0 bridgehead atoms. The van der Waals surface area contributed by atoms with E-state index < -0.39 is 71.2 Å². The normalized spacial score (nSPS) is 20.3. The molecular formula is C46H86O12S. The maximum atomic E-state index is 12.8. The van der Waals surface area contributed by atoms with E-state index in [1.54, 1.807) is 0 Å². The number of unbranched alkanes of at least 4 members (excludes halogenated alkanes) is 26. The van der Waals surface area contributed by atoms with Gasteiger partial charge in [-0.25, -0.2) is 0 Å². The van der Waals surface area contributed by atoms with Crippen molar-refractivity contribution in [2.24, 2.45) is 0 Å². The molecule has 0 aromatic rings. The van der Waals surface area contributed by atoms with Gasteiger partial charge in [-0.05, 0) is 38.5 Å². The van der Waals surface area contributed by atoms with E-state index in [4.69, 9.17) is 18.9 Å². The molecule has 0 aliphatic carbocycles. The molecule has 4 N–H and O–H groups in total. The number of hydrogen-bond donors (Lipinski definition) is 4. The SMILES string of the molecule is CCCCCCCC/C=C/CCCCCC(=O)OC[C@H](CO[C@H]1O[C@H](CS(=O)(=O)O)[C@@H](O)C(O)C1O)OC(=O)CCCCCCCCCCCCCCCCCCCC. The van der Waals surface area contributed by atoms with E-state index in [-0.39, 0.29) is 19.4 Å². The molecule has 1 fully saturated rings. The first kappa shape index (κ1) is 55.4. The van der Waals surface area contributed by atoms with Crippen LogP contribution in [-0.4, -0.2) is 96.0 Å². The van der Waals surface area contributed by atoms with Crippen LogP contribution in [0.15, 0.2) is 12.2 Å². The molecule has 59 heavy (non-hydrogen) atoms. The Hall–Kier alpha value is -1.61. The molecule has 0 radical (unpaired) electrons. The lowest BCUT2D eigenvalue weighted by Crippen LogP contribution is -2.60. The number of hydrogen-bond acceptors (Lipinski definition) is 11. The summed E-state index contributed by atoms with van der Waals surface area (Å²) in [5.41, 5.74) is 0. The van der Waals surface area contributed by atoms with Crippen LogP contribution in [0.3, 0.4) is 0 Å². The van der Waals surface area contributed by atoms with Crippen LogP contribution in [0.2, 0.25) is 0 Å². The molecule has 0 saturated carbocycles. The second-order valence-corrected chi connectivity index (χ2v) is 18.3. The standard InChI is InChI=1S/C46H86O12S/c1-3-5-7-9-11-13-15-17-18-19-20-21-23-25-27-29-31-33-35-42(48)57-39(37-56-46-45(51)44(50)43(49)40(58-46)38-59(52,53)54)36-55-41(47)34-32-30-28-26-24-22-16-14-12-10-8-6-4-2/h22,24,39-40,43-46,49-51H,3-21,23,25-38H2,1-2H3,(H,52,53,54)/b24-22+/t39-,40-,43-,44?,45?,46+/m1/s1. The van der Waals surface area contributed by atoms with E-state index in [0.29, 0.717) is 12.8 Å². The Morgan fingerprint density at radius 2 is 0.966 bits per heavy atom. The highest BCUT2D eigenvalue weighted by Crippen LogP contribution is 2.24. The number of esters is 2. The quantitative estimate of drug-likeness (QED) is 0.0198. The summed E-state index contributed by atoms with van der Waals surface area (Å²) in [5, 5.41) is 30.9. The highest BCUT2D eigenvalue weighted by Gasteiger charge is 2.46. The largest absolute Gasteiger partial charge is 0.462 e. The Balaban J connectivity index is 2.41. The fourth-order valence-electron chi connectivity index (χ4n) is 7.38. The zero-order valence-corrected chi connectivity index (χ0v) is 37.9. The molecule has 2 unspecified atom stereocenters. The van der Waals surface area contributed by atoms with Gasteiger partial charge in [-0.15, -0.1) is 0 Å². The third-order valence-corrected chi connectivity index (χ3v) is 11.8. The maximum absolute atomic E-state index is 12.8. The van der Waals surface area contributed by atoms with Gasteiger partial charge in [-0.1, -0.05) is 174 Å². The van der Waals surface area contributed by atoms with Crippen molar-refractivity contribution in [3.63, 3.8) is 0 Å². The lowest BCUT2D eigenvalue weighted by molar-refractivity contribution is -0.297. The number of aliphatic hydroxyl groups is 3. The summed E-state index contributed by atoms with van der Waals surface area (Å²) in [7, 11) is -4.60. The second kappa shape index (κ2) is 37.0. The fourth-order valence-corrected chi connectivity index (χ4v) is 8.07. The molecule has 12 nitrogen and oxygen atoms in total. The predicted octanol–water partition coefficient (Wildman–Crippen LogP) is 9.84. The molecule has 1 heterocycles. The molecule has 13 heteroatoms. The summed E-state index contributed by atoms with van der Waals surface area (Å²) in [5.74, 6) is -1.99. The molecular weight excluding hydrogens is 777 g/mol. The monoisotopic (exact) mass is 863 g/mol. The summed E-state index contributed by atoms with van der Waals surface area (Å²) in [6.45, 7) is 3.76. The van der Waals surface area contributed by atoms with Crippen molar-refractivity contribution in [3.05, 3.63) is 12.2 Å². The molecule has 348 valence electrons. The Bertz CT molecular complexity index is 1150. The molecule has 1 rings (SSSR count). The minimum atomic E-state index is -4.60. The van der Waals surface area contributed by atoms with Gasteiger partial charge >= 0.3 is 11.9 Å². The van der Waals surface area contributed by atoms with Gasteiger partial charge in [0, 0.05) is 12.8 Å². The Labute approximate surface area is 358 Å². The molecule has 1 aliphatic rings. The predicted molar refractivity (Wildman–Crippen MR) is 234 cm³/mol. The third kappa shape index (κ3) is 31.8. The fraction of sp³-hybridized carbons (Fsp3) is 0.913. The van der Waals surface area contributed by atoms with E-state index in [9.17, 15) is 37.9 Å². The third-order valence-electron chi connectivity index (χ3n) is 11.1. The van der Waals surface area contributed by atoms with E-state index in [1.807, 2.05) is 0 Å². The first-order valence-corrected chi connectivity index (χ1v) is 25.4. The minimum Gasteiger partial charge on any atom is -0.462 e. The van der Waals surface area contributed by atoms with Crippen molar-refractivity contribution in [2.45, 2.75) is 250 Å². The number of aliphatic hydroxyl groups excluding tert-OH is 3. The highest BCUT2D eigenvalue weighted by atomic mass is 32.2. The van der Waals surface area contributed by atoms with E-state index in [0.717, 1.165) is 44.9 Å². The topological polar surface area (TPSA) is 186 Å². The van der Waals surface area contributed by atoms with E-state index >= 15 is 0 Å². The van der Waals surface area contributed by atoms with Crippen molar-refractivity contribution in [1.29, 1.82) is 0 Å². The molecule has 0 aromatic carbocycles. The van der Waals surface area contributed by atoms with Crippen LogP contribution < -0.4 is 0 Å². The number of rotatable bonds is 40. The van der Waals surface area contributed by atoms with Gasteiger partial charge in [0.1, 0.15) is 36.8 Å². The van der Waals surface area contributed by atoms with E-state index in [1.165, 1.54) is 128 Å². The Kier molecular flexibility index (Phi) is 34.7. The summed E-state index contributed by atoms with van der Waals surface area (Å²) in [6, 6.07) is 0. The van der Waals surface area contributed by atoms with E-state index in [2.05, 4.69) is 26.0 Å². The molecule has 1 aliphatic heterocycles. The number of allylic oxidation sites excluding steroid dienone is 2. The second-order valence-electron chi connectivity index (χ2n) is 16.8. The Morgan fingerprint density at radius 3 is 1.42 bits per heavy atom. The Morgan fingerprint density at radius 1 is 0.559 bits per heavy atom. The lowest BCUT2D eigenvalue weighted by atomic mass is 10.00. The van der Waals surface area contributed by atoms with Crippen LogP contribution in [0, 0.1) is 0 Å². The van der Waals surface area contributed by atoms with Gasteiger partial charge in [-0.3, -0.25) is 14.1 Å². The van der Waals surface area contributed by atoms with Crippen molar-refractivity contribution in [2.75, 3.05) is 19.0 Å². The number of ether oxygens (including phenoxy) is 4. The number of carbonyl (C=O) groups excluding carboxylic acids is 2. The average molecular weight is 863 g/mol. The van der Waals surface area contributed by atoms with Crippen LogP contribution in [-0.2, 0) is 38.7 Å². The molecule has 6 atom stereocenters. The minimum absolute atomic E-state index is 0.167. The van der Waals surface area contributed by atoms with Crippen molar-refractivity contribution in [3.8, 4) is 0 Å². The van der Waals surface area contributed by atoms with Gasteiger partial charge in [0.15, 0.2) is 12.4 Å². The van der Waals surface area contributed by atoms with Crippen molar-refractivity contribution in [1.82, 2.24) is 0 Å². The van der Waals surface area contributed by atoms with Gasteiger partial charge in [0.05, 0.1) is 6.61 Å². The van der Waals surface area contributed by atoms with Crippen LogP contribution in [0.25, 0.3) is 0 Å². The van der Waals surface area contributed by atoms with Crippen LogP contribution >= 0.6 is 0 Å². The molecule has 0 aromatic heterocycles. The summed E-state index contributed by atoms with van der Waals surface area (Å²) >= 11 is 0. The van der Waals surface area contributed by atoms with Gasteiger partial charge in [-0.2, -0.15) is 8.42 Å². The lowest BCUT2D eigenvalue weighted by Gasteiger charge is -2.40.